The molecule has 2 aromatic heterocycles. The van der Waals surface area contributed by atoms with Crippen LogP contribution in [0.1, 0.15) is 26.3 Å². The number of aliphatic hydroxyl groups excluding tert-OH is 1. The van der Waals surface area contributed by atoms with E-state index in [9.17, 15) is 14.3 Å². The summed E-state index contributed by atoms with van der Waals surface area (Å²) < 4.78 is 27.0. The number of anilines is 1. The fourth-order valence-corrected chi connectivity index (χ4v) is 3.74. The second-order valence-electron chi connectivity index (χ2n) is 7.83. The van der Waals surface area contributed by atoms with Crippen molar-refractivity contribution in [2.75, 3.05) is 25.6 Å². The van der Waals surface area contributed by atoms with Gasteiger partial charge in [0.1, 0.15) is 5.69 Å². The summed E-state index contributed by atoms with van der Waals surface area (Å²) in [7, 11) is 1.46. The number of rotatable bonds is 5. The summed E-state index contributed by atoms with van der Waals surface area (Å²) in [5.74, 6) is -0.105. The second-order valence-corrected chi connectivity index (χ2v) is 7.83. The fourth-order valence-electron chi connectivity index (χ4n) is 3.74. The zero-order valence-electron chi connectivity index (χ0n) is 17.6. The summed E-state index contributed by atoms with van der Waals surface area (Å²) in [6.07, 6.45) is 2.66. The maximum atomic E-state index is 14.7. The zero-order chi connectivity index (χ0) is 22.1. The first kappa shape index (κ1) is 21.2. The van der Waals surface area contributed by atoms with Crippen molar-refractivity contribution in [3.8, 4) is 17.0 Å². The van der Waals surface area contributed by atoms with Crippen LogP contribution in [-0.4, -0.2) is 52.1 Å². The highest BCUT2D eigenvalue weighted by atomic mass is 19.1. The standard InChI is InChI=1S/C22H25FN4O4/c1-12(2)27-10-19(30-3)21(29)14-5-4-13(8-17(14)27)20-15(23)9-24-22(26-20)25-16-6-7-31-11-18(16)28/h4-5,8-10,12,16,18,28H,6-7,11H2,1-3H3,(H,24,25,26)/t16-,18-/m1/s1. The van der Waals surface area contributed by atoms with Crippen molar-refractivity contribution >= 4 is 16.9 Å². The number of aliphatic hydroxyl groups is 1. The molecular weight excluding hydrogens is 403 g/mol. The molecule has 1 aliphatic rings. The lowest BCUT2D eigenvalue weighted by atomic mass is 10.1. The van der Waals surface area contributed by atoms with Crippen molar-refractivity contribution in [3.63, 3.8) is 0 Å². The van der Waals surface area contributed by atoms with Gasteiger partial charge in [0.15, 0.2) is 11.6 Å². The maximum absolute atomic E-state index is 14.7. The van der Waals surface area contributed by atoms with Gasteiger partial charge < -0.3 is 24.5 Å². The summed E-state index contributed by atoms with van der Waals surface area (Å²) in [4.78, 5) is 21.0. The van der Waals surface area contributed by atoms with E-state index in [4.69, 9.17) is 9.47 Å². The van der Waals surface area contributed by atoms with Crippen molar-refractivity contribution in [1.82, 2.24) is 14.5 Å². The Morgan fingerprint density at radius 2 is 2.19 bits per heavy atom. The van der Waals surface area contributed by atoms with E-state index in [-0.39, 0.29) is 41.5 Å². The molecule has 3 aromatic rings. The Balaban J connectivity index is 1.78. The van der Waals surface area contributed by atoms with Crippen LogP contribution in [0.15, 0.2) is 35.4 Å². The number of hydrogen-bond acceptors (Lipinski definition) is 7. The maximum Gasteiger partial charge on any atom is 0.231 e. The molecule has 4 rings (SSSR count). The van der Waals surface area contributed by atoms with Crippen LogP contribution in [0.3, 0.4) is 0 Å². The number of aromatic nitrogens is 3. The molecule has 8 nitrogen and oxygen atoms in total. The summed E-state index contributed by atoms with van der Waals surface area (Å²) >= 11 is 0. The molecule has 0 saturated carbocycles. The third kappa shape index (κ3) is 4.11. The Bertz CT molecular complexity index is 1160. The van der Waals surface area contributed by atoms with E-state index in [1.54, 1.807) is 24.4 Å². The Morgan fingerprint density at radius 1 is 1.39 bits per heavy atom. The molecule has 0 aliphatic carbocycles. The van der Waals surface area contributed by atoms with Gasteiger partial charge in [-0.05, 0) is 32.4 Å². The van der Waals surface area contributed by atoms with Crippen LogP contribution < -0.4 is 15.5 Å². The van der Waals surface area contributed by atoms with Crippen LogP contribution in [0.2, 0.25) is 0 Å². The van der Waals surface area contributed by atoms with Crippen molar-refractivity contribution in [1.29, 1.82) is 0 Å². The van der Waals surface area contributed by atoms with E-state index in [1.807, 2.05) is 18.4 Å². The molecule has 9 heteroatoms. The molecule has 31 heavy (non-hydrogen) atoms. The Hall–Kier alpha value is -3.04. The van der Waals surface area contributed by atoms with Crippen LogP contribution in [0.5, 0.6) is 5.75 Å². The highest BCUT2D eigenvalue weighted by Gasteiger charge is 2.24. The monoisotopic (exact) mass is 428 g/mol. The molecular formula is C22H25FN4O4. The topological polar surface area (TPSA) is 98.5 Å². The Morgan fingerprint density at radius 3 is 2.90 bits per heavy atom. The molecule has 1 aromatic carbocycles. The average molecular weight is 428 g/mol. The zero-order valence-corrected chi connectivity index (χ0v) is 17.6. The van der Waals surface area contributed by atoms with E-state index < -0.39 is 11.9 Å². The van der Waals surface area contributed by atoms with Crippen molar-refractivity contribution < 1.29 is 19.0 Å². The molecule has 2 atom stereocenters. The SMILES string of the molecule is COc1cn(C(C)C)c2cc(-c3nc(N[C@@H]4CCOC[C@H]4O)ncc3F)ccc2c1=O. The second kappa shape index (κ2) is 8.60. The lowest BCUT2D eigenvalue weighted by Crippen LogP contribution is -2.42. The van der Waals surface area contributed by atoms with Gasteiger partial charge in [-0.3, -0.25) is 4.79 Å². The van der Waals surface area contributed by atoms with Crippen molar-refractivity contribution in [2.24, 2.45) is 0 Å². The number of halogens is 1. The molecule has 0 spiro atoms. The number of fused-ring (bicyclic) bond motifs is 1. The van der Waals surface area contributed by atoms with Gasteiger partial charge in [0.05, 0.1) is 43.8 Å². The molecule has 0 bridgehead atoms. The molecule has 0 radical (unpaired) electrons. The van der Waals surface area contributed by atoms with E-state index in [0.29, 0.717) is 29.5 Å². The molecule has 1 fully saturated rings. The highest BCUT2D eigenvalue weighted by molar-refractivity contribution is 5.85. The summed E-state index contributed by atoms with van der Waals surface area (Å²) in [6, 6.07) is 4.84. The smallest absolute Gasteiger partial charge is 0.231 e. The first-order chi connectivity index (χ1) is 14.9. The van der Waals surface area contributed by atoms with E-state index in [1.165, 1.54) is 7.11 Å². The van der Waals surface area contributed by atoms with Gasteiger partial charge in [-0.15, -0.1) is 0 Å². The van der Waals surface area contributed by atoms with Crippen LogP contribution in [-0.2, 0) is 4.74 Å². The number of benzene rings is 1. The Kier molecular flexibility index (Phi) is 5.88. The number of nitrogens with one attached hydrogen (secondary N) is 1. The van der Waals surface area contributed by atoms with Crippen molar-refractivity contribution in [2.45, 2.75) is 38.5 Å². The molecule has 0 amide bonds. The van der Waals surface area contributed by atoms with Crippen LogP contribution >= 0.6 is 0 Å². The summed E-state index contributed by atoms with van der Waals surface area (Å²) in [5.41, 5.74) is 1.06. The number of pyridine rings is 1. The van der Waals surface area contributed by atoms with Gasteiger partial charge in [0.2, 0.25) is 11.4 Å². The summed E-state index contributed by atoms with van der Waals surface area (Å²) in [6.45, 7) is 4.72. The number of ether oxygens (including phenoxy) is 2. The fraction of sp³-hybridized carbons (Fsp3) is 0.409. The lowest BCUT2D eigenvalue weighted by Gasteiger charge is -2.28. The minimum Gasteiger partial charge on any atom is -0.491 e. The van der Waals surface area contributed by atoms with Crippen LogP contribution in [0.4, 0.5) is 10.3 Å². The average Bonchev–Trinajstić information content (AvgIpc) is 2.76. The predicted octanol–water partition coefficient (Wildman–Crippen LogP) is 2.75. The number of nitrogens with zero attached hydrogens (tertiary/aromatic N) is 3. The van der Waals surface area contributed by atoms with E-state index >= 15 is 0 Å². The van der Waals surface area contributed by atoms with Crippen LogP contribution in [0.25, 0.3) is 22.2 Å². The van der Waals surface area contributed by atoms with Crippen molar-refractivity contribution in [3.05, 3.63) is 46.6 Å². The van der Waals surface area contributed by atoms with E-state index in [2.05, 4.69) is 15.3 Å². The molecule has 1 aliphatic heterocycles. The first-order valence-electron chi connectivity index (χ1n) is 10.2. The first-order valence-corrected chi connectivity index (χ1v) is 10.2. The predicted molar refractivity (Wildman–Crippen MR) is 115 cm³/mol. The summed E-state index contributed by atoms with van der Waals surface area (Å²) in [5, 5.41) is 13.6. The van der Waals surface area contributed by atoms with Gasteiger partial charge in [0.25, 0.3) is 0 Å². The number of methoxy groups -OCH3 is 1. The molecule has 1 saturated heterocycles. The normalized spacial score (nSPS) is 19.0. The van der Waals surface area contributed by atoms with Crippen LogP contribution in [0, 0.1) is 5.82 Å². The molecule has 2 N–H and O–H groups in total. The third-order valence-corrected chi connectivity index (χ3v) is 5.44. The molecule has 3 heterocycles. The minimum absolute atomic E-state index is 0.0507. The lowest BCUT2D eigenvalue weighted by molar-refractivity contribution is -0.0136. The largest absolute Gasteiger partial charge is 0.491 e. The third-order valence-electron chi connectivity index (χ3n) is 5.44. The van der Waals surface area contributed by atoms with Gasteiger partial charge in [0, 0.05) is 23.6 Å². The molecule has 164 valence electrons. The van der Waals surface area contributed by atoms with Gasteiger partial charge >= 0.3 is 0 Å². The highest BCUT2D eigenvalue weighted by Crippen LogP contribution is 2.27. The van der Waals surface area contributed by atoms with Gasteiger partial charge in [-0.1, -0.05) is 6.07 Å². The number of hydrogen-bond donors (Lipinski definition) is 2. The Labute approximate surface area is 178 Å². The van der Waals surface area contributed by atoms with Gasteiger partial charge in [-0.25, -0.2) is 14.4 Å². The van der Waals surface area contributed by atoms with E-state index in [0.717, 1.165) is 6.20 Å². The quantitative estimate of drug-likeness (QED) is 0.645. The molecule has 0 unspecified atom stereocenters. The van der Waals surface area contributed by atoms with Gasteiger partial charge in [-0.2, -0.15) is 0 Å². The minimum atomic E-state index is -0.693.